The molecule has 0 spiro atoms. The number of carbonyl (C=O) groups is 1. The van der Waals surface area contributed by atoms with Gasteiger partial charge in [0, 0.05) is 5.02 Å². The second-order valence-electron chi connectivity index (χ2n) is 3.67. The lowest BCUT2D eigenvalue weighted by atomic mass is 10.1. The summed E-state index contributed by atoms with van der Waals surface area (Å²) in [6.45, 7) is 6.54. The normalized spacial score (nSPS) is 10.1. The predicted octanol–water partition coefficient (Wildman–Crippen LogP) is 3.61. The average Bonchev–Trinajstić information content (AvgIpc) is 2.30. The molecule has 0 unspecified atom stereocenters. The molecule has 0 radical (unpaired) electrons. The number of esters is 1. The monoisotopic (exact) mass is 256 g/mol. The van der Waals surface area contributed by atoms with Gasteiger partial charge in [-0.15, -0.1) is 0 Å². The van der Waals surface area contributed by atoms with Crippen LogP contribution < -0.4 is 4.74 Å². The zero-order chi connectivity index (χ0) is 12.8. The summed E-state index contributed by atoms with van der Waals surface area (Å²) in [7, 11) is 0. The first-order valence-electron chi connectivity index (χ1n) is 5.70. The van der Waals surface area contributed by atoms with E-state index >= 15 is 0 Å². The number of ether oxygens (including phenoxy) is 2. The number of carbonyl (C=O) groups excluding carboxylic acids is 1. The van der Waals surface area contributed by atoms with Crippen molar-refractivity contribution >= 4 is 17.6 Å². The van der Waals surface area contributed by atoms with E-state index < -0.39 is 5.97 Å². The molecule has 3 nitrogen and oxygen atoms in total. The summed E-state index contributed by atoms with van der Waals surface area (Å²) >= 11 is 6.00. The molecule has 0 atom stereocenters. The van der Waals surface area contributed by atoms with Crippen LogP contribution >= 0.6 is 11.6 Å². The third-order valence-electron chi connectivity index (χ3n) is 2.22. The number of hydrogen-bond acceptors (Lipinski definition) is 3. The molecule has 0 aliphatic rings. The number of benzene rings is 1. The molecule has 0 amide bonds. The molecule has 0 fully saturated rings. The molecule has 1 aromatic rings. The molecular weight excluding hydrogens is 240 g/mol. The number of halogens is 1. The summed E-state index contributed by atoms with van der Waals surface area (Å²) in [5, 5.41) is 0.539. The topological polar surface area (TPSA) is 35.5 Å². The molecule has 0 aromatic heterocycles. The van der Waals surface area contributed by atoms with Crippen molar-refractivity contribution in [1.29, 1.82) is 0 Å². The highest BCUT2D eigenvalue weighted by Gasteiger charge is 2.15. The van der Waals surface area contributed by atoms with Crippen LogP contribution in [0.1, 0.15) is 36.2 Å². The van der Waals surface area contributed by atoms with E-state index in [1.54, 1.807) is 19.1 Å². The second kappa shape index (κ2) is 6.50. The number of rotatable bonds is 5. The minimum Gasteiger partial charge on any atom is -0.493 e. The molecule has 0 heterocycles. The van der Waals surface area contributed by atoms with Crippen LogP contribution in [0.2, 0.25) is 5.02 Å². The third-order valence-corrected chi connectivity index (χ3v) is 2.63. The number of aryl methyl sites for hydroxylation is 1. The van der Waals surface area contributed by atoms with Gasteiger partial charge in [-0.2, -0.15) is 0 Å². The van der Waals surface area contributed by atoms with Gasteiger partial charge in [0.2, 0.25) is 0 Å². The lowest BCUT2D eigenvalue weighted by Gasteiger charge is -2.12. The summed E-state index contributed by atoms with van der Waals surface area (Å²) in [6, 6.07) is 3.37. The molecule has 4 heteroatoms. The minimum absolute atomic E-state index is 0.331. The van der Waals surface area contributed by atoms with E-state index in [1.807, 2.05) is 13.8 Å². The Balaban J connectivity index is 3.06. The Labute approximate surface area is 107 Å². The fourth-order valence-corrected chi connectivity index (χ4v) is 1.52. The highest BCUT2D eigenvalue weighted by Crippen LogP contribution is 2.27. The molecule has 1 rings (SSSR count). The summed E-state index contributed by atoms with van der Waals surface area (Å²) < 4.78 is 10.5. The summed E-state index contributed by atoms with van der Waals surface area (Å²) in [5.74, 6) is 0.132. The zero-order valence-electron chi connectivity index (χ0n) is 10.4. The average molecular weight is 257 g/mol. The Morgan fingerprint density at radius 1 is 1.35 bits per heavy atom. The maximum atomic E-state index is 11.7. The number of hydrogen-bond donors (Lipinski definition) is 0. The first kappa shape index (κ1) is 13.8. The third kappa shape index (κ3) is 3.63. The van der Waals surface area contributed by atoms with E-state index in [1.165, 1.54) is 0 Å². The van der Waals surface area contributed by atoms with Crippen LogP contribution in [-0.4, -0.2) is 19.2 Å². The van der Waals surface area contributed by atoms with Gasteiger partial charge in [0.05, 0.1) is 13.2 Å². The maximum Gasteiger partial charge on any atom is 0.341 e. The SMILES string of the molecule is CCCOc1cc(C)c(Cl)cc1C(=O)OCC. The van der Waals surface area contributed by atoms with Crippen LogP contribution in [0.4, 0.5) is 0 Å². The Hall–Kier alpha value is -1.22. The van der Waals surface area contributed by atoms with Crippen LogP contribution in [0.15, 0.2) is 12.1 Å². The summed E-state index contributed by atoms with van der Waals surface area (Å²) in [6.07, 6.45) is 0.879. The smallest absolute Gasteiger partial charge is 0.341 e. The van der Waals surface area contributed by atoms with Crippen molar-refractivity contribution in [3.05, 3.63) is 28.3 Å². The molecule has 0 aliphatic carbocycles. The highest BCUT2D eigenvalue weighted by molar-refractivity contribution is 6.31. The molecule has 0 N–H and O–H groups in total. The summed E-state index contributed by atoms with van der Waals surface area (Å²) in [4.78, 5) is 11.7. The van der Waals surface area contributed by atoms with E-state index in [2.05, 4.69) is 0 Å². The van der Waals surface area contributed by atoms with E-state index in [4.69, 9.17) is 21.1 Å². The Bertz CT molecular complexity index is 402. The van der Waals surface area contributed by atoms with E-state index in [-0.39, 0.29) is 0 Å². The van der Waals surface area contributed by atoms with Crippen LogP contribution in [0.5, 0.6) is 5.75 Å². The van der Waals surface area contributed by atoms with Gasteiger partial charge in [-0.3, -0.25) is 0 Å². The van der Waals surface area contributed by atoms with Crippen molar-refractivity contribution < 1.29 is 14.3 Å². The predicted molar refractivity (Wildman–Crippen MR) is 67.9 cm³/mol. The van der Waals surface area contributed by atoms with Gasteiger partial charge in [-0.05, 0) is 38.0 Å². The van der Waals surface area contributed by atoms with E-state index in [0.29, 0.717) is 29.5 Å². The van der Waals surface area contributed by atoms with Crippen LogP contribution in [0.3, 0.4) is 0 Å². The van der Waals surface area contributed by atoms with Crippen molar-refractivity contribution in [2.75, 3.05) is 13.2 Å². The van der Waals surface area contributed by atoms with Crippen LogP contribution in [0.25, 0.3) is 0 Å². The largest absolute Gasteiger partial charge is 0.493 e. The lowest BCUT2D eigenvalue weighted by molar-refractivity contribution is 0.0521. The zero-order valence-corrected chi connectivity index (χ0v) is 11.1. The van der Waals surface area contributed by atoms with Crippen molar-refractivity contribution in [2.24, 2.45) is 0 Å². The molecule has 0 saturated carbocycles. The van der Waals surface area contributed by atoms with Crippen LogP contribution in [0, 0.1) is 6.92 Å². The van der Waals surface area contributed by atoms with Crippen LogP contribution in [-0.2, 0) is 4.74 Å². The standard InChI is InChI=1S/C13H17ClO3/c1-4-6-17-12-7-9(3)11(14)8-10(12)13(15)16-5-2/h7-8H,4-6H2,1-3H3. The molecule has 94 valence electrons. The fourth-order valence-electron chi connectivity index (χ4n) is 1.35. The van der Waals surface area contributed by atoms with E-state index in [9.17, 15) is 4.79 Å². The van der Waals surface area contributed by atoms with Gasteiger partial charge in [0.1, 0.15) is 11.3 Å². The van der Waals surface area contributed by atoms with E-state index in [0.717, 1.165) is 12.0 Å². The quantitative estimate of drug-likeness (QED) is 0.755. The first-order valence-corrected chi connectivity index (χ1v) is 6.08. The first-order chi connectivity index (χ1) is 8.10. The molecule has 0 bridgehead atoms. The fraction of sp³-hybridized carbons (Fsp3) is 0.462. The van der Waals surface area contributed by atoms with Gasteiger partial charge < -0.3 is 9.47 Å². The Morgan fingerprint density at radius 3 is 2.65 bits per heavy atom. The van der Waals surface area contributed by atoms with Gasteiger partial charge in [0.25, 0.3) is 0 Å². The van der Waals surface area contributed by atoms with Gasteiger partial charge in [-0.1, -0.05) is 18.5 Å². The van der Waals surface area contributed by atoms with Gasteiger partial charge in [-0.25, -0.2) is 4.79 Å². The Kier molecular flexibility index (Phi) is 5.29. The molecule has 1 aromatic carbocycles. The van der Waals surface area contributed by atoms with Crippen molar-refractivity contribution in [1.82, 2.24) is 0 Å². The molecule has 0 aliphatic heterocycles. The van der Waals surface area contributed by atoms with Crippen molar-refractivity contribution in [2.45, 2.75) is 27.2 Å². The maximum absolute atomic E-state index is 11.7. The summed E-state index contributed by atoms with van der Waals surface area (Å²) in [5.41, 5.74) is 1.27. The molecule has 17 heavy (non-hydrogen) atoms. The highest BCUT2D eigenvalue weighted by atomic mass is 35.5. The second-order valence-corrected chi connectivity index (χ2v) is 4.07. The van der Waals surface area contributed by atoms with Gasteiger partial charge >= 0.3 is 5.97 Å². The Morgan fingerprint density at radius 2 is 2.06 bits per heavy atom. The van der Waals surface area contributed by atoms with Crippen molar-refractivity contribution in [3.8, 4) is 5.75 Å². The molecule has 0 saturated heterocycles. The van der Waals surface area contributed by atoms with Gasteiger partial charge in [0.15, 0.2) is 0 Å². The lowest BCUT2D eigenvalue weighted by Crippen LogP contribution is -2.08. The molecular formula is C13H17ClO3. The minimum atomic E-state index is -0.402. The van der Waals surface area contributed by atoms with Crippen molar-refractivity contribution in [3.63, 3.8) is 0 Å².